The fourth-order valence-electron chi connectivity index (χ4n) is 0.918. The van der Waals surface area contributed by atoms with Crippen molar-refractivity contribution in [3.05, 3.63) is 15.0 Å². The Balaban J connectivity index is 3.39. The number of carbonyl (C=O) groups is 1. The number of hydrogen-bond acceptors (Lipinski definition) is 6. The van der Waals surface area contributed by atoms with E-state index < -0.39 is 10.8 Å². The quantitative estimate of drug-likeness (QED) is 0.460. The maximum absolute atomic E-state index is 10.9. The van der Waals surface area contributed by atoms with E-state index in [-0.39, 0.29) is 15.6 Å². The van der Waals surface area contributed by atoms with Gasteiger partial charge in [0.2, 0.25) is 0 Å². The van der Waals surface area contributed by atoms with Crippen molar-refractivity contribution in [1.82, 2.24) is 0 Å². The Hall–Kier alpha value is -1.28. The second-order valence-electron chi connectivity index (χ2n) is 2.30. The molecule has 1 aromatic rings. The molecule has 0 aromatic carbocycles. The molecule has 0 fully saturated rings. The number of primary amides is 1. The summed E-state index contributed by atoms with van der Waals surface area (Å²) in [5.74, 6) is -0.695. The Kier molecular flexibility index (Phi) is 2.96. The molecule has 1 aromatic heterocycles. The highest BCUT2D eigenvalue weighted by Gasteiger charge is 2.25. The summed E-state index contributed by atoms with van der Waals surface area (Å²) in [5, 5.41) is 10.3. The zero-order valence-corrected chi connectivity index (χ0v) is 8.78. The van der Waals surface area contributed by atoms with Crippen molar-refractivity contribution in [1.29, 1.82) is 0 Å². The van der Waals surface area contributed by atoms with Gasteiger partial charge < -0.3 is 11.5 Å². The van der Waals surface area contributed by atoms with E-state index in [1.165, 1.54) is 11.8 Å². The van der Waals surface area contributed by atoms with Gasteiger partial charge in [-0.05, 0) is 6.26 Å². The zero-order valence-electron chi connectivity index (χ0n) is 7.14. The first-order valence-electron chi connectivity index (χ1n) is 3.39. The van der Waals surface area contributed by atoms with Crippen LogP contribution in [0.25, 0.3) is 0 Å². The lowest BCUT2D eigenvalue weighted by atomic mass is 10.4. The summed E-state index contributed by atoms with van der Waals surface area (Å²) >= 11 is 1.88. The van der Waals surface area contributed by atoms with Crippen LogP contribution < -0.4 is 11.5 Å². The molecule has 6 nitrogen and oxygen atoms in total. The third-order valence-corrected chi connectivity index (χ3v) is 3.61. The first-order chi connectivity index (χ1) is 6.49. The molecule has 1 rings (SSSR count). The lowest BCUT2D eigenvalue weighted by molar-refractivity contribution is -0.379. The van der Waals surface area contributed by atoms with E-state index in [9.17, 15) is 14.9 Å². The van der Waals surface area contributed by atoms with Crippen molar-refractivity contribution in [2.75, 3.05) is 12.0 Å². The van der Waals surface area contributed by atoms with Gasteiger partial charge in [-0.15, -0.1) is 11.8 Å². The fourth-order valence-corrected chi connectivity index (χ4v) is 2.74. The molecule has 0 unspecified atom stereocenters. The maximum Gasteiger partial charge on any atom is 0.348 e. The molecule has 0 saturated heterocycles. The van der Waals surface area contributed by atoms with Crippen LogP contribution in [0.5, 0.6) is 0 Å². The van der Waals surface area contributed by atoms with Gasteiger partial charge in [-0.3, -0.25) is 14.9 Å². The monoisotopic (exact) mass is 233 g/mol. The van der Waals surface area contributed by atoms with Crippen LogP contribution in [-0.4, -0.2) is 17.1 Å². The van der Waals surface area contributed by atoms with Crippen LogP contribution in [0, 0.1) is 10.1 Å². The molecule has 76 valence electrons. The number of anilines is 1. The predicted molar refractivity (Wildman–Crippen MR) is 55.7 cm³/mol. The van der Waals surface area contributed by atoms with E-state index in [4.69, 9.17) is 11.5 Å². The van der Waals surface area contributed by atoms with Gasteiger partial charge in [-0.2, -0.15) is 0 Å². The van der Waals surface area contributed by atoms with Crippen LogP contribution >= 0.6 is 23.1 Å². The highest BCUT2D eigenvalue weighted by atomic mass is 32.2. The van der Waals surface area contributed by atoms with Crippen LogP contribution in [0.4, 0.5) is 10.7 Å². The van der Waals surface area contributed by atoms with Crippen LogP contribution in [0.15, 0.2) is 4.90 Å². The molecule has 0 bridgehead atoms. The van der Waals surface area contributed by atoms with Gasteiger partial charge in [0.1, 0.15) is 10.6 Å². The number of amides is 1. The molecule has 0 aliphatic rings. The SMILES string of the molecule is CSc1c(C(N)=O)sc([N+](=O)[O-])c1N. The Morgan fingerprint density at radius 3 is 2.50 bits per heavy atom. The second kappa shape index (κ2) is 3.84. The number of nitro groups is 1. The summed E-state index contributed by atoms with van der Waals surface area (Å²) in [6.07, 6.45) is 1.68. The molecule has 14 heavy (non-hydrogen) atoms. The zero-order chi connectivity index (χ0) is 10.9. The van der Waals surface area contributed by atoms with Crippen LogP contribution in [0.1, 0.15) is 9.67 Å². The van der Waals surface area contributed by atoms with E-state index in [0.717, 1.165) is 0 Å². The standard InChI is InChI=1S/C6H7N3O3S2/c1-13-3-2(7)6(9(11)12)14-4(3)5(8)10/h7H2,1H3,(H2,8,10). The average molecular weight is 233 g/mol. The molecule has 4 N–H and O–H groups in total. The van der Waals surface area contributed by atoms with Crippen molar-refractivity contribution < 1.29 is 9.72 Å². The van der Waals surface area contributed by atoms with Gasteiger partial charge in [0.25, 0.3) is 5.91 Å². The normalized spacial score (nSPS) is 10.1. The van der Waals surface area contributed by atoms with E-state index in [2.05, 4.69) is 0 Å². The Bertz CT molecular complexity index is 401. The smallest absolute Gasteiger partial charge is 0.348 e. The van der Waals surface area contributed by atoms with Gasteiger partial charge in [0, 0.05) is 0 Å². The minimum atomic E-state index is -0.695. The topological polar surface area (TPSA) is 112 Å². The number of hydrogen-bond donors (Lipinski definition) is 2. The molecule has 0 aliphatic heterocycles. The van der Waals surface area contributed by atoms with Crippen LogP contribution in [0.3, 0.4) is 0 Å². The van der Waals surface area contributed by atoms with Crippen molar-refractivity contribution >= 4 is 39.7 Å². The minimum Gasteiger partial charge on any atom is -0.391 e. The summed E-state index contributed by atoms with van der Waals surface area (Å²) < 4.78 is 0. The van der Waals surface area contributed by atoms with E-state index in [1.54, 1.807) is 6.26 Å². The summed E-state index contributed by atoms with van der Waals surface area (Å²) in [4.78, 5) is 21.3. The fraction of sp³-hybridized carbons (Fsp3) is 0.167. The lowest BCUT2D eigenvalue weighted by Gasteiger charge is -1.94. The molecular formula is C6H7N3O3S2. The number of thioether (sulfide) groups is 1. The van der Waals surface area contributed by atoms with Gasteiger partial charge in [-0.1, -0.05) is 11.3 Å². The number of nitrogen functional groups attached to an aromatic ring is 1. The van der Waals surface area contributed by atoms with E-state index in [0.29, 0.717) is 16.2 Å². The summed E-state index contributed by atoms with van der Waals surface area (Å²) in [6, 6.07) is 0. The molecule has 0 atom stereocenters. The van der Waals surface area contributed by atoms with Gasteiger partial charge in [-0.25, -0.2) is 0 Å². The molecule has 0 spiro atoms. The number of nitrogens with two attached hydrogens (primary N) is 2. The van der Waals surface area contributed by atoms with Gasteiger partial charge in [0.15, 0.2) is 0 Å². The molecule has 1 amide bonds. The lowest BCUT2D eigenvalue weighted by Crippen LogP contribution is -2.09. The second-order valence-corrected chi connectivity index (χ2v) is 4.12. The molecule has 1 heterocycles. The van der Waals surface area contributed by atoms with Crippen molar-refractivity contribution in [3.8, 4) is 0 Å². The van der Waals surface area contributed by atoms with Gasteiger partial charge in [0.05, 0.1) is 9.82 Å². The Labute approximate surface area is 87.4 Å². The van der Waals surface area contributed by atoms with Gasteiger partial charge >= 0.3 is 5.00 Å². The first kappa shape index (κ1) is 10.8. The maximum atomic E-state index is 10.9. The van der Waals surface area contributed by atoms with Crippen molar-refractivity contribution in [3.63, 3.8) is 0 Å². The number of thiophene rings is 1. The molecule has 0 saturated carbocycles. The average Bonchev–Trinajstić information content (AvgIpc) is 2.42. The third kappa shape index (κ3) is 1.66. The third-order valence-electron chi connectivity index (χ3n) is 1.47. The number of nitrogens with zero attached hydrogens (tertiary/aromatic N) is 1. The minimum absolute atomic E-state index is 0.0151. The first-order valence-corrected chi connectivity index (χ1v) is 5.43. The largest absolute Gasteiger partial charge is 0.391 e. The predicted octanol–water partition coefficient (Wildman–Crippen LogP) is 1.06. The molecule has 8 heteroatoms. The Morgan fingerprint density at radius 2 is 2.21 bits per heavy atom. The Morgan fingerprint density at radius 1 is 1.64 bits per heavy atom. The number of carbonyl (C=O) groups excluding carboxylic acids is 1. The highest BCUT2D eigenvalue weighted by Crippen LogP contribution is 2.42. The van der Waals surface area contributed by atoms with Crippen LogP contribution in [-0.2, 0) is 0 Å². The highest BCUT2D eigenvalue weighted by molar-refractivity contribution is 7.99. The number of rotatable bonds is 3. The van der Waals surface area contributed by atoms with Crippen LogP contribution in [0.2, 0.25) is 0 Å². The van der Waals surface area contributed by atoms with E-state index in [1.807, 2.05) is 0 Å². The van der Waals surface area contributed by atoms with Crippen molar-refractivity contribution in [2.45, 2.75) is 4.90 Å². The summed E-state index contributed by atoms with van der Waals surface area (Å²) in [7, 11) is 0. The van der Waals surface area contributed by atoms with E-state index >= 15 is 0 Å². The molecule has 0 radical (unpaired) electrons. The summed E-state index contributed by atoms with van der Waals surface area (Å²) in [6.45, 7) is 0. The molecular weight excluding hydrogens is 226 g/mol. The van der Waals surface area contributed by atoms with Crippen molar-refractivity contribution in [2.24, 2.45) is 5.73 Å². The summed E-state index contributed by atoms with van der Waals surface area (Å²) in [5.41, 5.74) is 10.6. The molecule has 0 aliphatic carbocycles.